The van der Waals surface area contributed by atoms with Crippen molar-refractivity contribution >= 4 is 11.6 Å². The van der Waals surface area contributed by atoms with Crippen LogP contribution in [0.1, 0.15) is 34.9 Å². The molecule has 0 amide bonds. The molecule has 76 valence electrons. The third kappa shape index (κ3) is 1.78. The predicted molar refractivity (Wildman–Crippen MR) is 57.2 cm³/mol. The number of hydrogen-bond acceptors (Lipinski definition) is 0. The largest absolute Gasteiger partial charge is 0.206 e. The van der Waals surface area contributed by atoms with Crippen LogP contribution in [0.15, 0.2) is 12.1 Å². The van der Waals surface area contributed by atoms with Crippen LogP contribution in [0.4, 0.5) is 4.39 Å². The summed E-state index contributed by atoms with van der Waals surface area (Å²) in [6, 6.07) is 3.75. The summed E-state index contributed by atoms with van der Waals surface area (Å²) in [6.45, 7) is 3.59. The quantitative estimate of drug-likeness (QED) is 0.647. The lowest BCUT2D eigenvalue weighted by Gasteiger charge is -2.11. The summed E-state index contributed by atoms with van der Waals surface area (Å²) in [6.07, 6.45) is 2.42. The molecule has 0 saturated heterocycles. The Morgan fingerprint density at radius 2 is 1.79 bits per heavy atom. The van der Waals surface area contributed by atoms with E-state index < -0.39 is 0 Å². The van der Waals surface area contributed by atoms with Gasteiger partial charge in [-0.2, -0.15) is 0 Å². The van der Waals surface area contributed by atoms with E-state index >= 15 is 0 Å². The van der Waals surface area contributed by atoms with Gasteiger partial charge < -0.3 is 0 Å². The summed E-state index contributed by atoms with van der Waals surface area (Å²) in [5.41, 5.74) is 2.48. The standard InChI is InChI=1S/C12H14ClF/c1-7-5-10(6-8(2)12(7)14)11(13)9-3-4-9/h5-6,9,11H,3-4H2,1-2H3. The number of hydrogen-bond donors (Lipinski definition) is 0. The summed E-state index contributed by atoms with van der Waals surface area (Å²) in [4.78, 5) is 0. The van der Waals surface area contributed by atoms with Crippen LogP contribution in [0.3, 0.4) is 0 Å². The monoisotopic (exact) mass is 212 g/mol. The minimum atomic E-state index is -0.103. The minimum Gasteiger partial charge on any atom is -0.206 e. The first-order valence-corrected chi connectivity index (χ1v) is 5.44. The molecule has 1 saturated carbocycles. The van der Waals surface area contributed by atoms with Crippen molar-refractivity contribution in [2.75, 3.05) is 0 Å². The molecule has 0 bridgehead atoms. The molecule has 1 aliphatic carbocycles. The highest BCUT2D eigenvalue weighted by Crippen LogP contribution is 2.45. The van der Waals surface area contributed by atoms with Crippen LogP contribution in [-0.4, -0.2) is 0 Å². The number of alkyl halides is 1. The van der Waals surface area contributed by atoms with Gasteiger partial charge in [-0.3, -0.25) is 0 Å². The van der Waals surface area contributed by atoms with Gasteiger partial charge in [0, 0.05) is 0 Å². The van der Waals surface area contributed by atoms with Crippen LogP contribution in [0.2, 0.25) is 0 Å². The average Bonchev–Trinajstić information content (AvgIpc) is 2.95. The Bertz CT molecular complexity index is 332. The van der Waals surface area contributed by atoms with E-state index in [1.165, 1.54) is 12.8 Å². The van der Waals surface area contributed by atoms with E-state index in [4.69, 9.17) is 11.6 Å². The van der Waals surface area contributed by atoms with E-state index in [1.54, 1.807) is 13.8 Å². The Morgan fingerprint density at radius 3 is 2.21 bits per heavy atom. The highest BCUT2D eigenvalue weighted by molar-refractivity contribution is 6.21. The van der Waals surface area contributed by atoms with E-state index in [0.717, 1.165) is 5.56 Å². The first-order valence-electron chi connectivity index (χ1n) is 5.00. The fraction of sp³-hybridized carbons (Fsp3) is 0.500. The molecule has 1 aromatic carbocycles. The SMILES string of the molecule is Cc1cc(C(Cl)C2CC2)cc(C)c1F. The van der Waals surface area contributed by atoms with Gasteiger partial charge in [-0.15, -0.1) is 11.6 Å². The Hall–Kier alpha value is -0.560. The molecule has 1 fully saturated rings. The lowest BCUT2D eigenvalue weighted by molar-refractivity contribution is 0.607. The molecule has 1 unspecified atom stereocenters. The summed E-state index contributed by atoms with van der Waals surface area (Å²) in [7, 11) is 0. The van der Waals surface area contributed by atoms with E-state index in [1.807, 2.05) is 12.1 Å². The molecule has 14 heavy (non-hydrogen) atoms. The highest BCUT2D eigenvalue weighted by Gasteiger charge is 2.31. The van der Waals surface area contributed by atoms with Crippen molar-refractivity contribution in [1.29, 1.82) is 0 Å². The van der Waals surface area contributed by atoms with Gasteiger partial charge in [0.05, 0.1) is 5.38 Å². The third-order valence-corrected chi connectivity index (χ3v) is 3.42. The van der Waals surface area contributed by atoms with Crippen LogP contribution < -0.4 is 0 Å². The first kappa shape index (κ1) is 9.97. The van der Waals surface area contributed by atoms with Gasteiger partial charge in [-0.25, -0.2) is 4.39 Å². The van der Waals surface area contributed by atoms with Crippen LogP contribution in [-0.2, 0) is 0 Å². The molecule has 0 aliphatic heterocycles. The van der Waals surface area contributed by atoms with Gasteiger partial charge >= 0.3 is 0 Å². The molecule has 0 spiro atoms. The Kier molecular flexibility index (Phi) is 2.52. The van der Waals surface area contributed by atoms with Crippen LogP contribution in [0.5, 0.6) is 0 Å². The molecule has 2 rings (SSSR count). The molecular formula is C12H14ClF. The van der Waals surface area contributed by atoms with Crippen molar-refractivity contribution in [3.8, 4) is 0 Å². The maximum atomic E-state index is 13.3. The summed E-state index contributed by atoms with van der Waals surface area (Å²) in [5, 5.41) is 0.0769. The smallest absolute Gasteiger partial charge is 0.129 e. The molecule has 2 heteroatoms. The Labute approximate surface area is 89.1 Å². The van der Waals surface area contributed by atoms with Crippen LogP contribution >= 0.6 is 11.6 Å². The maximum absolute atomic E-state index is 13.3. The van der Waals surface area contributed by atoms with E-state index in [2.05, 4.69) is 0 Å². The zero-order chi connectivity index (χ0) is 10.3. The molecule has 0 N–H and O–H groups in total. The van der Waals surface area contributed by atoms with Crippen molar-refractivity contribution in [3.05, 3.63) is 34.6 Å². The average molecular weight is 213 g/mol. The number of benzene rings is 1. The normalized spacial score (nSPS) is 18.3. The van der Waals surface area contributed by atoms with Crippen molar-refractivity contribution < 1.29 is 4.39 Å². The zero-order valence-electron chi connectivity index (χ0n) is 8.48. The van der Waals surface area contributed by atoms with E-state index in [-0.39, 0.29) is 11.2 Å². The number of rotatable bonds is 2. The lowest BCUT2D eigenvalue weighted by Crippen LogP contribution is -1.97. The summed E-state index contributed by atoms with van der Waals surface area (Å²) < 4.78 is 13.3. The van der Waals surface area contributed by atoms with Gasteiger partial charge in [0.25, 0.3) is 0 Å². The zero-order valence-corrected chi connectivity index (χ0v) is 9.24. The molecular weight excluding hydrogens is 199 g/mol. The Balaban J connectivity index is 2.34. The van der Waals surface area contributed by atoms with E-state index in [0.29, 0.717) is 17.0 Å². The van der Waals surface area contributed by atoms with Crippen LogP contribution in [0.25, 0.3) is 0 Å². The second-order valence-electron chi connectivity index (χ2n) is 4.21. The fourth-order valence-corrected chi connectivity index (χ4v) is 2.18. The van der Waals surface area contributed by atoms with Crippen LogP contribution in [0, 0.1) is 25.6 Å². The van der Waals surface area contributed by atoms with Gasteiger partial charge in [0.2, 0.25) is 0 Å². The molecule has 1 atom stereocenters. The molecule has 0 nitrogen and oxygen atoms in total. The topological polar surface area (TPSA) is 0 Å². The van der Waals surface area contributed by atoms with Crippen molar-refractivity contribution in [1.82, 2.24) is 0 Å². The maximum Gasteiger partial charge on any atom is 0.129 e. The minimum absolute atomic E-state index is 0.0769. The fourth-order valence-electron chi connectivity index (χ4n) is 1.80. The van der Waals surface area contributed by atoms with Crippen molar-refractivity contribution in [3.63, 3.8) is 0 Å². The van der Waals surface area contributed by atoms with E-state index in [9.17, 15) is 4.39 Å². The Morgan fingerprint density at radius 1 is 1.29 bits per heavy atom. The highest BCUT2D eigenvalue weighted by atomic mass is 35.5. The third-order valence-electron chi connectivity index (χ3n) is 2.81. The van der Waals surface area contributed by atoms with Gasteiger partial charge in [0.1, 0.15) is 5.82 Å². The molecule has 0 heterocycles. The molecule has 1 aromatic rings. The lowest BCUT2D eigenvalue weighted by atomic mass is 10.0. The van der Waals surface area contributed by atoms with Crippen molar-refractivity contribution in [2.24, 2.45) is 5.92 Å². The van der Waals surface area contributed by atoms with Gasteiger partial charge in [-0.05, 0) is 49.3 Å². The summed E-state index contributed by atoms with van der Waals surface area (Å²) >= 11 is 6.28. The first-order chi connectivity index (χ1) is 6.59. The summed E-state index contributed by atoms with van der Waals surface area (Å²) in [5.74, 6) is 0.509. The van der Waals surface area contributed by atoms with Gasteiger partial charge in [0.15, 0.2) is 0 Å². The molecule has 0 radical (unpaired) electrons. The van der Waals surface area contributed by atoms with Gasteiger partial charge in [-0.1, -0.05) is 12.1 Å². The molecule has 0 aromatic heterocycles. The second kappa shape index (κ2) is 3.54. The molecule has 1 aliphatic rings. The number of halogens is 2. The predicted octanol–water partition coefficient (Wildman–Crippen LogP) is 4.13. The van der Waals surface area contributed by atoms with Crippen molar-refractivity contribution in [2.45, 2.75) is 32.1 Å². The second-order valence-corrected chi connectivity index (χ2v) is 4.68. The number of aryl methyl sites for hydroxylation is 2.